The molecule has 0 aromatic heterocycles. The maximum atomic E-state index is 7.85. The Bertz CT molecular complexity index is 2520. The van der Waals surface area contributed by atoms with Crippen LogP contribution in [0.3, 0.4) is 0 Å². The van der Waals surface area contributed by atoms with Crippen LogP contribution in [0.4, 0.5) is 17.1 Å². The van der Waals surface area contributed by atoms with Gasteiger partial charge in [-0.2, -0.15) is 4.58 Å². The molecule has 2 aliphatic heterocycles. The van der Waals surface area contributed by atoms with Crippen LogP contribution in [0, 0.1) is 12.5 Å². The van der Waals surface area contributed by atoms with Crippen molar-refractivity contribution in [3.8, 4) is 0 Å². The number of hydrogen-bond acceptors (Lipinski definition) is 1. The first-order valence-corrected chi connectivity index (χ1v) is 20.1. The number of allylic oxidation sites excluding steroid dienone is 4. The highest BCUT2D eigenvalue weighted by Crippen LogP contribution is 2.53. The van der Waals surface area contributed by atoms with E-state index < -0.39 is 5.41 Å². The molecule has 2 unspecified atom stereocenters. The molecule has 55 heavy (non-hydrogen) atoms. The molecule has 2 atom stereocenters. The van der Waals surface area contributed by atoms with E-state index >= 15 is 0 Å². The Morgan fingerprint density at radius 1 is 0.727 bits per heavy atom. The average Bonchev–Trinajstić information content (AvgIpc) is 3.53. The summed E-state index contributed by atoms with van der Waals surface area (Å²) in [5.74, 6) is 0.433. The van der Waals surface area contributed by atoms with Gasteiger partial charge in [0.1, 0.15) is 7.05 Å². The summed E-state index contributed by atoms with van der Waals surface area (Å²) in [6, 6.07) is 50.4. The zero-order valence-electron chi connectivity index (χ0n) is 32.1. The van der Waals surface area contributed by atoms with E-state index in [1.54, 1.807) is 0 Å². The molecular formula is C51H47BrN3+. The van der Waals surface area contributed by atoms with E-state index in [0.29, 0.717) is 11.6 Å². The van der Waals surface area contributed by atoms with Crippen molar-refractivity contribution in [1.82, 2.24) is 0 Å². The minimum absolute atomic E-state index is 0.226. The van der Waals surface area contributed by atoms with Gasteiger partial charge in [0.25, 0.3) is 0 Å². The van der Waals surface area contributed by atoms with Crippen LogP contribution in [0.5, 0.6) is 0 Å². The zero-order valence-corrected chi connectivity index (χ0v) is 33.7. The van der Waals surface area contributed by atoms with Gasteiger partial charge >= 0.3 is 0 Å². The van der Waals surface area contributed by atoms with Gasteiger partial charge in [-0.1, -0.05) is 157 Å². The Balaban J connectivity index is 1.34. The van der Waals surface area contributed by atoms with Gasteiger partial charge in [0.15, 0.2) is 11.4 Å². The lowest BCUT2D eigenvalue weighted by atomic mass is 9.70. The van der Waals surface area contributed by atoms with Crippen LogP contribution in [-0.4, -0.2) is 23.9 Å². The summed E-state index contributed by atoms with van der Waals surface area (Å²) in [5, 5.41) is 2.50. The fourth-order valence-corrected chi connectivity index (χ4v) is 9.59. The Hall–Kier alpha value is -5.50. The highest BCUT2D eigenvalue weighted by atomic mass is 79.9. The molecule has 0 saturated carbocycles. The molecule has 272 valence electrons. The number of nitrogens with zero attached hydrogens (tertiary/aromatic N) is 3. The highest BCUT2D eigenvalue weighted by molar-refractivity contribution is 9.10. The molecule has 8 rings (SSSR count). The molecule has 0 radical (unpaired) electrons. The Kier molecular flexibility index (Phi) is 9.93. The number of anilines is 1. The maximum Gasteiger partial charge on any atom is 0.210 e. The van der Waals surface area contributed by atoms with Crippen LogP contribution >= 0.6 is 15.9 Å². The third-order valence-electron chi connectivity index (χ3n) is 11.6. The first kappa shape index (κ1) is 36.5. The quantitative estimate of drug-likeness (QED) is 0.0995. The topological polar surface area (TPSA) is 10.6 Å². The van der Waals surface area contributed by atoms with Crippen molar-refractivity contribution in [2.24, 2.45) is 5.92 Å². The third kappa shape index (κ3) is 6.88. The fraction of sp³-hybridized carbons (Fsp3) is 0.216. The van der Waals surface area contributed by atoms with Gasteiger partial charge in [0.05, 0.1) is 12.0 Å². The lowest BCUT2D eigenvalue weighted by Crippen LogP contribution is -2.37. The summed E-state index contributed by atoms with van der Waals surface area (Å²) < 4.78 is 3.47. The Labute approximate surface area is 334 Å². The van der Waals surface area contributed by atoms with Gasteiger partial charge in [-0.3, -0.25) is 0 Å². The molecule has 3 nitrogen and oxygen atoms in total. The highest BCUT2D eigenvalue weighted by Gasteiger charge is 2.49. The van der Waals surface area contributed by atoms with Crippen molar-refractivity contribution in [1.29, 1.82) is 0 Å². The molecule has 6 aromatic rings. The third-order valence-corrected chi connectivity index (χ3v) is 12.1. The van der Waals surface area contributed by atoms with E-state index in [1.165, 1.54) is 61.4 Å². The second kappa shape index (κ2) is 15.0. The van der Waals surface area contributed by atoms with Gasteiger partial charge in [-0.15, -0.1) is 0 Å². The molecule has 0 fully saturated rings. The van der Waals surface area contributed by atoms with Crippen molar-refractivity contribution in [3.63, 3.8) is 0 Å². The summed E-state index contributed by atoms with van der Waals surface area (Å²) in [7, 11) is 2.21. The number of halogens is 1. The van der Waals surface area contributed by atoms with Crippen LogP contribution < -0.4 is 4.90 Å². The number of benzene rings is 6. The molecule has 6 aromatic carbocycles. The normalized spacial score (nSPS) is 19.8. The van der Waals surface area contributed by atoms with Crippen LogP contribution in [0.2, 0.25) is 0 Å². The molecule has 4 heteroatoms. The first-order valence-electron chi connectivity index (χ1n) is 19.3. The van der Waals surface area contributed by atoms with E-state index in [0.717, 1.165) is 30.3 Å². The minimum Gasteiger partial charge on any atom is -0.344 e. The van der Waals surface area contributed by atoms with E-state index in [1.807, 2.05) is 12.1 Å². The molecule has 0 N–H and O–H groups in total. The molecule has 2 heterocycles. The molecule has 0 bridgehead atoms. The summed E-state index contributed by atoms with van der Waals surface area (Å²) in [5.41, 5.74) is 11.6. The van der Waals surface area contributed by atoms with Crippen LogP contribution in [-0.2, 0) is 30.1 Å². The lowest BCUT2D eigenvalue weighted by Gasteiger charge is -2.35. The smallest absolute Gasteiger partial charge is 0.210 e. The van der Waals surface area contributed by atoms with E-state index in [4.69, 9.17) is 6.57 Å². The van der Waals surface area contributed by atoms with Crippen LogP contribution in [0.15, 0.2) is 168 Å². The van der Waals surface area contributed by atoms with E-state index in [2.05, 4.69) is 204 Å². The molecular weight excluding hydrogens is 734 g/mol. The summed E-state index contributed by atoms with van der Waals surface area (Å²) in [6.45, 7) is 15.8. The standard InChI is InChI=1S/C51H47BrN3/c1-36(2)35-55-47-30-41-22-13-12-21-40(41)29-45(47)51(33-38-18-10-7-11-19-38,34-39-20-14-23-43(28-39)53-4)49(55)25-15-24-48-50(3,32-37-16-8-6-9-17-37)44-27-26-42(52)31-46(44)54(48)5/h6-31,36H,32-35H2,1-3,5H3/q+1. The molecule has 0 spiro atoms. The number of fused-ring (bicyclic) bond motifs is 3. The van der Waals surface area contributed by atoms with Crippen LogP contribution in [0.1, 0.15) is 48.6 Å². The largest absolute Gasteiger partial charge is 0.344 e. The van der Waals surface area contributed by atoms with Gasteiger partial charge < -0.3 is 4.90 Å². The van der Waals surface area contributed by atoms with Gasteiger partial charge in [-0.05, 0) is 83.8 Å². The Morgan fingerprint density at radius 3 is 2.05 bits per heavy atom. The second-order valence-corrected chi connectivity index (χ2v) is 16.9. The van der Waals surface area contributed by atoms with Crippen LogP contribution in [0.25, 0.3) is 15.6 Å². The van der Waals surface area contributed by atoms with Crippen molar-refractivity contribution >= 4 is 49.5 Å². The molecule has 2 aliphatic rings. The number of rotatable bonds is 10. The minimum atomic E-state index is -0.395. The zero-order chi connectivity index (χ0) is 38.2. The molecule has 0 saturated heterocycles. The fourth-order valence-electron chi connectivity index (χ4n) is 9.24. The molecule has 0 aliphatic carbocycles. The average molecular weight is 782 g/mol. The summed E-state index contributed by atoms with van der Waals surface area (Å²) in [6.07, 6.45) is 9.60. The molecule has 0 amide bonds. The van der Waals surface area contributed by atoms with Gasteiger partial charge in [0.2, 0.25) is 5.69 Å². The van der Waals surface area contributed by atoms with Gasteiger partial charge in [0, 0.05) is 45.5 Å². The Morgan fingerprint density at radius 2 is 1.36 bits per heavy atom. The summed E-state index contributed by atoms with van der Waals surface area (Å²) in [4.78, 5) is 6.45. The maximum absolute atomic E-state index is 7.85. The monoisotopic (exact) mass is 780 g/mol. The lowest BCUT2D eigenvalue weighted by molar-refractivity contribution is -0.401. The van der Waals surface area contributed by atoms with Crippen molar-refractivity contribution in [3.05, 3.63) is 207 Å². The van der Waals surface area contributed by atoms with Crippen molar-refractivity contribution in [2.45, 2.75) is 50.9 Å². The van der Waals surface area contributed by atoms with Crippen molar-refractivity contribution < 1.29 is 4.58 Å². The number of hydrogen-bond donors (Lipinski definition) is 0. The second-order valence-electron chi connectivity index (χ2n) is 15.9. The SMILES string of the molecule is [C-]#[N+]c1cccc(CC2(Cc3ccccc3)C(=CC=CC3=[N+](C)c4cc(Br)ccc4C3(C)Cc3ccccc3)N(CC(C)C)c3cc4ccccc4cc32)c1. The first-order chi connectivity index (χ1) is 26.7. The predicted octanol–water partition coefficient (Wildman–Crippen LogP) is 12.7. The summed E-state index contributed by atoms with van der Waals surface area (Å²) >= 11 is 3.76. The predicted molar refractivity (Wildman–Crippen MR) is 234 cm³/mol. The van der Waals surface area contributed by atoms with Crippen molar-refractivity contribution in [2.75, 3.05) is 18.5 Å². The van der Waals surface area contributed by atoms with Gasteiger partial charge in [-0.25, -0.2) is 4.85 Å². The van der Waals surface area contributed by atoms with E-state index in [-0.39, 0.29) is 5.41 Å². The van der Waals surface area contributed by atoms with E-state index in [9.17, 15) is 0 Å².